The Kier molecular flexibility index (Phi) is 4.33. The number of fused-ring (bicyclic) bond motifs is 3. The van der Waals surface area contributed by atoms with Crippen LogP contribution in [0.5, 0.6) is 0 Å². The zero-order valence-electron chi connectivity index (χ0n) is 20.0. The average Bonchev–Trinajstić information content (AvgIpc) is 3.51. The Morgan fingerprint density at radius 2 is 1.45 bits per heavy atom. The second kappa shape index (κ2) is 7.36. The van der Waals surface area contributed by atoms with Crippen LogP contribution in [-0.4, -0.2) is 4.57 Å². The summed E-state index contributed by atoms with van der Waals surface area (Å²) in [4.78, 5) is 0. The Bertz CT molecular complexity index is 1160. The van der Waals surface area contributed by atoms with E-state index in [1.807, 2.05) is 0 Å². The maximum Gasteiger partial charge on any atom is 0.254 e. The SMILES string of the molecule is [2H]c1n2c(c(C)[n+]1-c1ccccc1C)C(C1CCCCC1)(C1CCCC1)c1ccccc1-2. The summed E-state index contributed by atoms with van der Waals surface area (Å²) in [6.45, 7) is 4.46. The number of rotatable bonds is 3. The van der Waals surface area contributed by atoms with E-state index in [9.17, 15) is 1.37 Å². The highest BCUT2D eigenvalue weighted by molar-refractivity contribution is 5.59. The largest absolute Gasteiger partial charge is 0.254 e. The summed E-state index contributed by atoms with van der Waals surface area (Å²) in [5, 5.41) is 0. The van der Waals surface area contributed by atoms with Crippen molar-refractivity contribution in [2.45, 2.75) is 77.0 Å². The second-order valence-corrected chi connectivity index (χ2v) is 10.2. The topological polar surface area (TPSA) is 8.81 Å². The third-order valence-electron chi connectivity index (χ3n) is 8.69. The van der Waals surface area contributed by atoms with Crippen molar-refractivity contribution < 1.29 is 5.94 Å². The quantitative estimate of drug-likeness (QED) is 0.421. The lowest BCUT2D eigenvalue weighted by atomic mass is 9.57. The zero-order valence-corrected chi connectivity index (χ0v) is 19.0. The molecule has 6 rings (SSSR count). The van der Waals surface area contributed by atoms with Crippen LogP contribution in [0, 0.1) is 25.7 Å². The van der Waals surface area contributed by atoms with Crippen molar-refractivity contribution in [2.75, 3.05) is 0 Å². The van der Waals surface area contributed by atoms with Crippen molar-refractivity contribution in [1.82, 2.24) is 4.57 Å². The molecule has 2 fully saturated rings. The lowest BCUT2D eigenvalue weighted by Crippen LogP contribution is -2.44. The van der Waals surface area contributed by atoms with Crippen molar-refractivity contribution >= 4 is 0 Å². The van der Waals surface area contributed by atoms with Gasteiger partial charge < -0.3 is 0 Å². The Hall–Kier alpha value is -2.35. The average molecular weight is 413 g/mol. The van der Waals surface area contributed by atoms with Gasteiger partial charge in [-0.25, -0.2) is 0 Å². The highest BCUT2D eigenvalue weighted by atomic mass is 15.2. The molecule has 1 aliphatic heterocycles. The first kappa shape index (κ1) is 18.2. The van der Waals surface area contributed by atoms with E-state index in [0.717, 1.165) is 5.69 Å². The van der Waals surface area contributed by atoms with Crippen molar-refractivity contribution in [3.63, 3.8) is 0 Å². The standard InChI is InChI=1S/C29H35N2/c1-21-12-6-10-18-26(21)30-20-31-27-19-11-9-17-25(27)29(28(31)22(30)2,24-15-7-8-16-24)23-13-4-3-5-14-23/h6,9-12,17-20,23-24H,3-5,7-8,13-16H2,1-2H3/q+1/i20D. The molecule has 31 heavy (non-hydrogen) atoms. The van der Waals surface area contributed by atoms with E-state index in [1.165, 1.54) is 86.0 Å². The number of nitrogens with zero attached hydrogens (tertiary/aromatic N) is 2. The number of aromatic nitrogens is 2. The molecule has 0 N–H and O–H groups in total. The predicted octanol–water partition coefficient (Wildman–Crippen LogP) is 6.74. The summed E-state index contributed by atoms with van der Waals surface area (Å²) < 4.78 is 14.0. The summed E-state index contributed by atoms with van der Waals surface area (Å²) in [6.07, 6.45) is 12.7. The molecule has 1 aromatic heterocycles. The number of benzene rings is 2. The molecule has 2 heterocycles. The van der Waals surface area contributed by atoms with Crippen LogP contribution in [0.2, 0.25) is 0 Å². The minimum Gasteiger partial charge on any atom is -0.199 e. The van der Waals surface area contributed by atoms with Crippen LogP contribution in [0.15, 0.2) is 54.8 Å². The first-order valence-corrected chi connectivity index (χ1v) is 12.5. The molecule has 3 aliphatic rings. The highest BCUT2D eigenvalue weighted by Gasteiger charge is 2.59. The molecule has 1 unspecified atom stereocenters. The molecule has 0 spiro atoms. The van der Waals surface area contributed by atoms with Crippen molar-refractivity contribution in [3.8, 4) is 11.4 Å². The molecule has 3 aromatic rings. The normalized spacial score (nSPS) is 24.3. The Morgan fingerprint density at radius 3 is 2.16 bits per heavy atom. The maximum absolute atomic E-state index is 9.40. The third-order valence-corrected chi connectivity index (χ3v) is 8.69. The summed E-state index contributed by atoms with van der Waals surface area (Å²) in [6, 6.07) is 17.7. The van der Waals surface area contributed by atoms with Crippen molar-refractivity contribution in [1.29, 1.82) is 0 Å². The van der Waals surface area contributed by atoms with E-state index in [2.05, 4.69) is 71.5 Å². The fourth-order valence-electron chi connectivity index (χ4n) is 7.45. The van der Waals surface area contributed by atoms with Gasteiger partial charge in [-0.1, -0.05) is 68.5 Å². The van der Waals surface area contributed by atoms with E-state index < -0.39 is 0 Å². The van der Waals surface area contributed by atoms with Crippen LogP contribution in [0.25, 0.3) is 11.4 Å². The van der Waals surface area contributed by atoms with Gasteiger partial charge in [-0.15, -0.1) is 0 Å². The molecule has 160 valence electrons. The van der Waals surface area contributed by atoms with Crippen LogP contribution in [0.4, 0.5) is 0 Å². The van der Waals surface area contributed by atoms with E-state index >= 15 is 0 Å². The number of aryl methyl sites for hydroxylation is 1. The molecule has 0 radical (unpaired) electrons. The molecule has 0 saturated heterocycles. The van der Waals surface area contributed by atoms with Crippen molar-refractivity contribution in [3.05, 3.63) is 77.3 Å². The number of hydrogen-bond donors (Lipinski definition) is 0. The van der Waals surface area contributed by atoms with E-state index in [4.69, 9.17) is 0 Å². The molecule has 2 heteroatoms. The molecule has 2 aliphatic carbocycles. The van der Waals surface area contributed by atoms with E-state index in [1.54, 1.807) is 0 Å². The van der Waals surface area contributed by atoms with Crippen LogP contribution in [-0.2, 0) is 5.41 Å². The number of imidazole rings is 1. The van der Waals surface area contributed by atoms with Gasteiger partial charge in [-0.3, -0.25) is 0 Å². The molecule has 0 amide bonds. The fraction of sp³-hybridized carbons (Fsp3) is 0.483. The lowest BCUT2D eigenvalue weighted by Gasteiger charge is -2.43. The minimum atomic E-state index is 0.0569. The van der Waals surface area contributed by atoms with Gasteiger partial charge in [0, 0.05) is 12.5 Å². The van der Waals surface area contributed by atoms with Crippen molar-refractivity contribution in [2.24, 2.45) is 11.8 Å². The monoisotopic (exact) mass is 412 g/mol. The van der Waals surface area contributed by atoms with Gasteiger partial charge in [-0.2, -0.15) is 9.13 Å². The number of hydrogen-bond acceptors (Lipinski definition) is 0. The molecular formula is C29H35N2+. The van der Waals surface area contributed by atoms with Crippen LogP contribution < -0.4 is 4.57 Å². The molecule has 2 saturated carbocycles. The van der Waals surface area contributed by atoms with Crippen LogP contribution in [0.1, 0.15) is 81.7 Å². The van der Waals surface area contributed by atoms with Crippen LogP contribution >= 0.6 is 0 Å². The Balaban J connectivity index is 1.69. The van der Waals surface area contributed by atoms with Gasteiger partial charge in [0.15, 0.2) is 7.06 Å². The predicted molar refractivity (Wildman–Crippen MR) is 126 cm³/mol. The molecule has 2 nitrogen and oxygen atoms in total. The first-order chi connectivity index (χ1) is 15.7. The van der Waals surface area contributed by atoms with Gasteiger partial charge in [0.25, 0.3) is 6.30 Å². The summed E-state index contributed by atoms with van der Waals surface area (Å²) in [5.74, 6) is 1.37. The van der Waals surface area contributed by atoms with Gasteiger partial charge in [-0.05, 0) is 62.1 Å². The minimum absolute atomic E-state index is 0.0569. The third kappa shape index (κ3) is 2.66. The first-order valence-electron chi connectivity index (χ1n) is 13.0. The van der Waals surface area contributed by atoms with Gasteiger partial charge in [0.1, 0.15) is 17.1 Å². The maximum atomic E-state index is 9.40. The van der Waals surface area contributed by atoms with Gasteiger partial charge >= 0.3 is 0 Å². The van der Waals surface area contributed by atoms with Gasteiger partial charge in [0.2, 0.25) is 0 Å². The molecule has 2 aromatic carbocycles. The Morgan fingerprint density at radius 1 is 0.839 bits per heavy atom. The van der Waals surface area contributed by atoms with E-state index in [0.29, 0.717) is 18.1 Å². The lowest BCUT2D eigenvalue weighted by molar-refractivity contribution is -0.602. The molecule has 1 atom stereocenters. The van der Waals surface area contributed by atoms with E-state index in [-0.39, 0.29) is 5.41 Å². The smallest absolute Gasteiger partial charge is 0.199 e. The summed E-state index contributed by atoms with van der Waals surface area (Å²) in [5.41, 5.74) is 7.93. The second-order valence-electron chi connectivity index (χ2n) is 10.2. The Labute approximate surface area is 188 Å². The molecular weight excluding hydrogens is 376 g/mol. The number of para-hydroxylation sites is 2. The highest BCUT2D eigenvalue weighted by Crippen LogP contribution is 2.59. The van der Waals surface area contributed by atoms with Gasteiger partial charge in [0.05, 0.1) is 5.41 Å². The molecule has 0 bridgehead atoms. The zero-order chi connectivity index (χ0) is 21.9. The fourth-order valence-corrected chi connectivity index (χ4v) is 7.45. The summed E-state index contributed by atoms with van der Waals surface area (Å²) >= 11 is 0. The van der Waals surface area contributed by atoms with Crippen LogP contribution in [0.3, 0.4) is 0 Å². The summed E-state index contributed by atoms with van der Waals surface area (Å²) in [7, 11) is 0.